The molecule has 9 nitrogen and oxygen atoms in total. The van der Waals surface area contributed by atoms with E-state index in [0.29, 0.717) is 48.2 Å². The molecule has 0 aliphatic rings. The summed E-state index contributed by atoms with van der Waals surface area (Å²) in [5.74, 6) is 1.40. The van der Waals surface area contributed by atoms with Crippen molar-refractivity contribution < 1.29 is 23.4 Å². The van der Waals surface area contributed by atoms with Gasteiger partial charge < -0.3 is 23.6 Å². The summed E-state index contributed by atoms with van der Waals surface area (Å²) in [7, 11) is 0. The van der Waals surface area contributed by atoms with Crippen LogP contribution in [0.2, 0.25) is 0 Å². The van der Waals surface area contributed by atoms with Crippen LogP contribution in [0.3, 0.4) is 0 Å². The van der Waals surface area contributed by atoms with Crippen molar-refractivity contribution in [1.82, 2.24) is 15.2 Å². The second kappa shape index (κ2) is 9.42. The molecular formula is C23H24N4O5. The van der Waals surface area contributed by atoms with E-state index in [1.165, 1.54) is 0 Å². The predicted molar refractivity (Wildman–Crippen MR) is 119 cm³/mol. The first-order valence-corrected chi connectivity index (χ1v) is 10.4. The molecule has 1 amide bonds. The average molecular weight is 436 g/mol. The van der Waals surface area contributed by atoms with Crippen LogP contribution >= 0.6 is 0 Å². The molecule has 0 atom stereocenters. The summed E-state index contributed by atoms with van der Waals surface area (Å²) in [5.41, 5.74) is 1.93. The molecule has 0 fully saturated rings. The van der Waals surface area contributed by atoms with E-state index in [2.05, 4.69) is 20.5 Å². The van der Waals surface area contributed by atoms with E-state index in [4.69, 9.17) is 18.6 Å². The summed E-state index contributed by atoms with van der Waals surface area (Å²) in [5, 5.41) is 11.5. The highest BCUT2D eigenvalue weighted by atomic mass is 16.5. The van der Waals surface area contributed by atoms with Crippen molar-refractivity contribution in [3.8, 4) is 28.7 Å². The lowest BCUT2D eigenvalue weighted by Crippen LogP contribution is -2.11. The SMILES string of the molecule is CCOc1cc(-c2nnc(NC(=O)c3c[nH]c4ccccc34)o2)cc(OCC)c1OCC. The molecule has 2 aromatic heterocycles. The third-order valence-corrected chi connectivity index (χ3v) is 4.64. The van der Waals surface area contributed by atoms with Gasteiger partial charge in [-0.05, 0) is 39.0 Å². The lowest BCUT2D eigenvalue weighted by atomic mass is 10.1. The second-order valence-corrected chi connectivity index (χ2v) is 6.72. The molecule has 0 bridgehead atoms. The number of fused-ring (bicyclic) bond motifs is 1. The summed E-state index contributed by atoms with van der Waals surface area (Å²) in [4.78, 5) is 15.8. The van der Waals surface area contributed by atoms with Gasteiger partial charge in [0.1, 0.15) is 0 Å². The topological polar surface area (TPSA) is 112 Å². The number of hydrogen-bond donors (Lipinski definition) is 2. The van der Waals surface area contributed by atoms with Gasteiger partial charge in [-0.2, -0.15) is 0 Å². The van der Waals surface area contributed by atoms with Gasteiger partial charge in [-0.15, -0.1) is 5.10 Å². The van der Waals surface area contributed by atoms with Gasteiger partial charge >= 0.3 is 6.01 Å². The quantitative estimate of drug-likeness (QED) is 0.392. The maximum atomic E-state index is 12.7. The molecule has 2 N–H and O–H groups in total. The van der Waals surface area contributed by atoms with E-state index < -0.39 is 0 Å². The number of para-hydroxylation sites is 1. The molecule has 166 valence electrons. The number of amides is 1. The number of ether oxygens (including phenoxy) is 3. The second-order valence-electron chi connectivity index (χ2n) is 6.72. The van der Waals surface area contributed by atoms with E-state index in [-0.39, 0.29) is 17.8 Å². The number of nitrogens with one attached hydrogen (secondary N) is 2. The zero-order valence-corrected chi connectivity index (χ0v) is 18.1. The summed E-state index contributed by atoms with van der Waals surface area (Å²) in [6.07, 6.45) is 1.65. The molecule has 32 heavy (non-hydrogen) atoms. The van der Waals surface area contributed by atoms with Crippen molar-refractivity contribution in [3.05, 3.63) is 48.2 Å². The normalized spacial score (nSPS) is 10.8. The van der Waals surface area contributed by atoms with E-state index in [1.807, 2.05) is 45.0 Å². The Labute approximate surface area is 184 Å². The Hall–Kier alpha value is -4.01. The van der Waals surface area contributed by atoms with Crippen LogP contribution in [0.15, 0.2) is 47.0 Å². The van der Waals surface area contributed by atoms with Gasteiger partial charge in [-0.25, -0.2) is 0 Å². The fourth-order valence-corrected chi connectivity index (χ4v) is 3.33. The lowest BCUT2D eigenvalue weighted by Gasteiger charge is -2.16. The summed E-state index contributed by atoms with van der Waals surface area (Å²) in [6, 6.07) is 11.0. The van der Waals surface area contributed by atoms with Crippen LogP contribution in [-0.4, -0.2) is 40.9 Å². The highest BCUT2D eigenvalue weighted by molar-refractivity contribution is 6.12. The summed E-state index contributed by atoms with van der Waals surface area (Å²) < 4.78 is 22.9. The number of aromatic amines is 1. The number of benzene rings is 2. The summed E-state index contributed by atoms with van der Waals surface area (Å²) in [6.45, 7) is 7.02. The first kappa shape index (κ1) is 21.2. The Balaban J connectivity index is 1.61. The van der Waals surface area contributed by atoms with Crippen molar-refractivity contribution in [3.63, 3.8) is 0 Å². The highest BCUT2D eigenvalue weighted by Crippen LogP contribution is 2.41. The van der Waals surface area contributed by atoms with Crippen LogP contribution in [0.4, 0.5) is 6.01 Å². The Morgan fingerprint density at radius 2 is 1.69 bits per heavy atom. The molecule has 0 saturated heterocycles. The Bertz CT molecular complexity index is 1200. The first-order valence-electron chi connectivity index (χ1n) is 10.4. The average Bonchev–Trinajstić information content (AvgIpc) is 3.43. The van der Waals surface area contributed by atoms with Crippen LogP contribution in [-0.2, 0) is 0 Å². The molecule has 4 aromatic rings. The lowest BCUT2D eigenvalue weighted by molar-refractivity contribution is 0.102. The molecule has 2 aromatic carbocycles. The van der Waals surface area contributed by atoms with E-state index in [1.54, 1.807) is 18.3 Å². The van der Waals surface area contributed by atoms with Crippen LogP contribution < -0.4 is 19.5 Å². The smallest absolute Gasteiger partial charge is 0.322 e. The molecule has 0 saturated carbocycles. The number of H-pyrrole nitrogens is 1. The third kappa shape index (κ3) is 4.22. The van der Waals surface area contributed by atoms with Gasteiger partial charge in [0, 0.05) is 22.7 Å². The molecule has 0 unspecified atom stereocenters. The van der Waals surface area contributed by atoms with E-state index >= 15 is 0 Å². The minimum Gasteiger partial charge on any atom is -0.490 e. The number of carbonyl (C=O) groups excluding carboxylic acids is 1. The Kier molecular flexibility index (Phi) is 6.25. The number of hydrogen-bond acceptors (Lipinski definition) is 7. The Morgan fingerprint density at radius 3 is 2.38 bits per heavy atom. The fraction of sp³-hybridized carbons (Fsp3) is 0.261. The molecule has 4 rings (SSSR count). The third-order valence-electron chi connectivity index (χ3n) is 4.64. The van der Waals surface area contributed by atoms with Gasteiger partial charge in [0.05, 0.1) is 25.4 Å². The van der Waals surface area contributed by atoms with Crippen LogP contribution in [0, 0.1) is 0 Å². The van der Waals surface area contributed by atoms with Crippen LogP contribution in [0.1, 0.15) is 31.1 Å². The molecule has 0 spiro atoms. The van der Waals surface area contributed by atoms with Gasteiger partial charge in [0.2, 0.25) is 11.6 Å². The van der Waals surface area contributed by atoms with Gasteiger partial charge in [-0.3, -0.25) is 10.1 Å². The maximum absolute atomic E-state index is 12.7. The number of carbonyl (C=O) groups is 1. The van der Waals surface area contributed by atoms with Crippen LogP contribution in [0.5, 0.6) is 17.2 Å². The number of nitrogens with zero attached hydrogens (tertiary/aromatic N) is 2. The number of anilines is 1. The monoisotopic (exact) mass is 436 g/mol. The Morgan fingerprint density at radius 1 is 1.00 bits per heavy atom. The van der Waals surface area contributed by atoms with Gasteiger partial charge in [0.25, 0.3) is 5.91 Å². The van der Waals surface area contributed by atoms with Crippen molar-refractivity contribution in [2.75, 3.05) is 25.1 Å². The minimum atomic E-state index is -0.352. The fourth-order valence-electron chi connectivity index (χ4n) is 3.33. The largest absolute Gasteiger partial charge is 0.490 e. The van der Waals surface area contributed by atoms with Crippen molar-refractivity contribution in [2.45, 2.75) is 20.8 Å². The number of aromatic nitrogens is 3. The standard InChI is InChI=1S/C23H24N4O5/c1-4-29-18-11-14(12-19(30-5-2)20(18)31-6-3)22-26-27-23(32-22)25-21(28)16-13-24-17-10-8-7-9-15(16)17/h7-13,24H,4-6H2,1-3H3,(H,25,27,28). The van der Waals surface area contributed by atoms with E-state index in [9.17, 15) is 4.79 Å². The molecular weight excluding hydrogens is 412 g/mol. The minimum absolute atomic E-state index is 0.0138. The predicted octanol–water partition coefficient (Wildman–Crippen LogP) is 4.67. The molecule has 0 aliphatic carbocycles. The van der Waals surface area contributed by atoms with E-state index in [0.717, 1.165) is 10.9 Å². The highest BCUT2D eigenvalue weighted by Gasteiger charge is 2.20. The van der Waals surface area contributed by atoms with Crippen molar-refractivity contribution >= 4 is 22.8 Å². The van der Waals surface area contributed by atoms with Gasteiger partial charge in [0.15, 0.2) is 11.5 Å². The van der Waals surface area contributed by atoms with Gasteiger partial charge in [-0.1, -0.05) is 23.3 Å². The molecule has 9 heteroatoms. The van der Waals surface area contributed by atoms with Crippen molar-refractivity contribution in [2.24, 2.45) is 0 Å². The maximum Gasteiger partial charge on any atom is 0.322 e. The zero-order chi connectivity index (χ0) is 22.5. The first-order chi connectivity index (χ1) is 15.6. The zero-order valence-electron chi connectivity index (χ0n) is 18.1. The number of rotatable bonds is 9. The molecule has 0 radical (unpaired) electrons. The van der Waals surface area contributed by atoms with Crippen LogP contribution in [0.25, 0.3) is 22.4 Å². The molecule has 2 heterocycles. The van der Waals surface area contributed by atoms with Crippen molar-refractivity contribution in [1.29, 1.82) is 0 Å². The molecule has 0 aliphatic heterocycles. The summed E-state index contributed by atoms with van der Waals surface area (Å²) >= 11 is 0.